The van der Waals surface area contributed by atoms with Crippen molar-refractivity contribution in [2.24, 2.45) is 0 Å². The van der Waals surface area contributed by atoms with Gasteiger partial charge in [0, 0.05) is 7.05 Å². The van der Waals surface area contributed by atoms with Gasteiger partial charge in [0.15, 0.2) is 0 Å². The molecule has 0 amide bonds. The van der Waals surface area contributed by atoms with Crippen LogP contribution in [0.1, 0.15) is 51.9 Å². The van der Waals surface area contributed by atoms with Gasteiger partial charge in [0.1, 0.15) is 0 Å². The molecule has 0 aliphatic rings. The number of carboxylic acid groups (broad SMARTS) is 1. The molecular formula is C15H29NO4S. The molecule has 0 radical (unpaired) electrons. The predicted octanol–water partition coefficient (Wildman–Crippen LogP) is 3.86. The maximum absolute atomic E-state index is 11.2. The molecule has 0 aliphatic heterocycles. The molecule has 0 heterocycles. The molecule has 6 heteroatoms. The highest BCUT2D eigenvalue weighted by Gasteiger charge is 2.18. The Morgan fingerprint density at radius 2 is 1.38 bits per heavy atom. The van der Waals surface area contributed by atoms with E-state index >= 15 is 0 Å². The summed E-state index contributed by atoms with van der Waals surface area (Å²) in [5.41, 5.74) is 0.123. The van der Waals surface area contributed by atoms with Crippen LogP contribution in [0, 0.1) is 0 Å². The van der Waals surface area contributed by atoms with E-state index in [1.165, 1.54) is 19.2 Å². The first-order chi connectivity index (χ1) is 9.84. The Hall–Kier alpha value is -1.56. The fourth-order valence-corrected chi connectivity index (χ4v) is 1.62. The largest absolute Gasteiger partial charge is 0.478 e. The lowest BCUT2D eigenvalue weighted by Crippen LogP contribution is -2.26. The van der Waals surface area contributed by atoms with Gasteiger partial charge < -0.3 is 5.11 Å². The first-order valence-corrected chi connectivity index (χ1v) is 8.95. The molecule has 0 aliphatic carbocycles. The lowest BCUT2D eigenvalue weighted by Gasteiger charge is -2.18. The van der Waals surface area contributed by atoms with Gasteiger partial charge in [-0.05, 0) is 12.1 Å². The van der Waals surface area contributed by atoms with Crippen LogP contribution in [0.4, 0.5) is 5.69 Å². The number of carboxylic acids is 1. The van der Waals surface area contributed by atoms with Gasteiger partial charge in [-0.1, -0.05) is 53.7 Å². The fourth-order valence-electron chi connectivity index (χ4n) is 1.11. The van der Waals surface area contributed by atoms with E-state index < -0.39 is 16.0 Å². The topological polar surface area (TPSA) is 74.7 Å². The van der Waals surface area contributed by atoms with Crippen LogP contribution in [0.15, 0.2) is 24.3 Å². The Bertz CT molecular complexity index is 484. The van der Waals surface area contributed by atoms with E-state index in [0.29, 0.717) is 0 Å². The molecule has 1 aromatic carbocycles. The lowest BCUT2D eigenvalue weighted by molar-refractivity contribution is 0.0698. The van der Waals surface area contributed by atoms with Crippen molar-refractivity contribution in [3.05, 3.63) is 29.8 Å². The summed E-state index contributed by atoms with van der Waals surface area (Å²) in [4.78, 5) is 10.8. The van der Waals surface area contributed by atoms with Crippen molar-refractivity contribution in [3.8, 4) is 0 Å². The predicted molar refractivity (Wildman–Crippen MR) is 90.7 cm³/mol. The second kappa shape index (κ2) is 13.4. The molecule has 0 spiro atoms. The Morgan fingerprint density at radius 3 is 1.71 bits per heavy atom. The number of benzene rings is 1. The van der Waals surface area contributed by atoms with E-state index in [1.54, 1.807) is 12.1 Å². The number of nitrogens with zero attached hydrogens (tertiary/aromatic N) is 1. The number of carbonyl (C=O) groups is 1. The SMILES string of the molecule is CC.CC.CC.CN(c1ccccc1C(=O)O)S(C)(=O)=O. The zero-order valence-corrected chi connectivity index (χ0v) is 15.2. The number of rotatable bonds is 3. The molecule has 0 saturated heterocycles. The third kappa shape index (κ3) is 9.07. The number of hydrogen-bond donors (Lipinski definition) is 1. The van der Waals surface area contributed by atoms with Crippen LogP contribution >= 0.6 is 0 Å². The van der Waals surface area contributed by atoms with Crippen molar-refractivity contribution in [2.45, 2.75) is 41.5 Å². The molecule has 0 bridgehead atoms. The minimum Gasteiger partial charge on any atom is -0.478 e. The van der Waals surface area contributed by atoms with Gasteiger partial charge in [0.25, 0.3) is 0 Å². The summed E-state index contributed by atoms with van der Waals surface area (Å²) in [5.74, 6) is -1.15. The van der Waals surface area contributed by atoms with E-state index in [4.69, 9.17) is 5.11 Å². The quantitative estimate of drug-likeness (QED) is 0.918. The summed E-state index contributed by atoms with van der Waals surface area (Å²) in [6, 6.07) is 5.94. The zero-order valence-electron chi connectivity index (χ0n) is 14.3. The van der Waals surface area contributed by atoms with Crippen LogP contribution in [0.3, 0.4) is 0 Å². The average molecular weight is 319 g/mol. The highest BCUT2D eigenvalue weighted by atomic mass is 32.2. The van der Waals surface area contributed by atoms with Crippen LogP contribution in [0.5, 0.6) is 0 Å². The molecule has 1 rings (SSSR count). The van der Waals surface area contributed by atoms with E-state index in [9.17, 15) is 13.2 Å². The van der Waals surface area contributed by atoms with Gasteiger partial charge in [-0.2, -0.15) is 0 Å². The second-order valence-corrected chi connectivity index (χ2v) is 5.07. The van der Waals surface area contributed by atoms with Gasteiger partial charge in [-0.15, -0.1) is 0 Å². The third-order valence-corrected chi connectivity index (χ3v) is 3.16. The van der Waals surface area contributed by atoms with Crippen molar-refractivity contribution in [2.75, 3.05) is 17.6 Å². The third-order valence-electron chi connectivity index (χ3n) is 1.97. The number of hydrogen-bond acceptors (Lipinski definition) is 3. The smallest absolute Gasteiger partial charge is 0.337 e. The molecule has 0 atom stereocenters. The number of aromatic carboxylic acids is 1. The second-order valence-electron chi connectivity index (χ2n) is 3.05. The van der Waals surface area contributed by atoms with E-state index in [-0.39, 0.29) is 11.3 Å². The van der Waals surface area contributed by atoms with Crippen LogP contribution in [0.25, 0.3) is 0 Å². The molecule has 0 aromatic heterocycles. The minimum atomic E-state index is -3.44. The Morgan fingerprint density at radius 1 is 1.00 bits per heavy atom. The summed E-state index contributed by atoms with van der Waals surface area (Å²) in [6.07, 6.45) is 1.02. The Kier molecular flexibility index (Phi) is 15.6. The Balaban J connectivity index is -0.000000478. The summed E-state index contributed by atoms with van der Waals surface area (Å²) in [6.45, 7) is 12.0. The van der Waals surface area contributed by atoms with Gasteiger partial charge >= 0.3 is 5.97 Å². The lowest BCUT2D eigenvalue weighted by atomic mass is 10.2. The van der Waals surface area contributed by atoms with Crippen LogP contribution in [-0.2, 0) is 10.0 Å². The molecule has 5 nitrogen and oxygen atoms in total. The molecular weight excluding hydrogens is 290 g/mol. The van der Waals surface area contributed by atoms with Gasteiger partial charge in [-0.25, -0.2) is 13.2 Å². The fraction of sp³-hybridized carbons (Fsp3) is 0.533. The molecule has 0 unspecified atom stereocenters. The molecule has 0 saturated carbocycles. The van der Waals surface area contributed by atoms with Crippen molar-refractivity contribution < 1.29 is 18.3 Å². The number of sulfonamides is 1. The molecule has 0 fully saturated rings. The van der Waals surface area contributed by atoms with Crippen LogP contribution in [0.2, 0.25) is 0 Å². The van der Waals surface area contributed by atoms with Gasteiger partial charge in [-0.3, -0.25) is 4.31 Å². The first-order valence-electron chi connectivity index (χ1n) is 7.10. The zero-order chi connectivity index (χ0) is 17.6. The molecule has 1 aromatic rings. The molecule has 124 valence electrons. The normalized spacial score (nSPS) is 8.76. The highest BCUT2D eigenvalue weighted by molar-refractivity contribution is 7.92. The molecule has 1 N–H and O–H groups in total. The maximum atomic E-state index is 11.2. The standard InChI is InChI=1S/C9H11NO4S.3C2H6/c1-10(15(2,13)14)8-6-4-3-5-7(8)9(11)12;3*1-2/h3-6H,1-2H3,(H,11,12);3*1-2H3. The summed E-state index contributed by atoms with van der Waals surface area (Å²) in [5, 5.41) is 8.86. The van der Waals surface area contributed by atoms with Crippen molar-refractivity contribution in [1.82, 2.24) is 0 Å². The van der Waals surface area contributed by atoms with E-state index in [1.807, 2.05) is 41.5 Å². The van der Waals surface area contributed by atoms with Crippen molar-refractivity contribution in [1.29, 1.82) is 0 Å². The Labute approximate surface area is 129 Å². The average Bonchev–Trinajstić information content (AvgIpc) is 2.51. The number of anilines is 1. The van der Waals surface area contributed by atoms with Crippen molar-refractivity contribution in [3.63, 3.8) is 0 Å². The van der Waals surface area contributed by atoms with Crippen LogP contribution < -0.4 is 4.31 Å². The van der Waals surface area contributed by atoms with Crippen LogP contribution in [-0.4, -0.2) is 32.8 Å². The monoisotopic (exact) mass is 319 g/mol. The first kappa shape index (κ1) is 24.5. The maximum Gasteiger partial charge on any atom is 0.337 e. The van der Waals surface area contributed by atoms with E-state index in [0.717, 1.165) is 10.6 Å². The summed E-state index contributed by atoms with van der Waals surface area (Å²) in [7, 11) is -2.13. The summed E-state index contributed by atoms with van der Waals surface area (Å²) >= 11 is 0. The van der Waals surface area contributed by atoms with Gasteiger partial charge in [0.05, 0.1) is 17.5 Å². The van der Waals surface area contributed by atoms with Gasteiger partial charge in [0.2, 0.25) is 10.0 Å². The minimum absolute atomic E-state index is 0.0366. The van der Waals surface area contributed by atoms with E-state index in [2.05, 4.69) is 0 Å². The van der Waals surface area contributed by atoms with Crippen molar-refractivity contribution >= 4 is 21.7 Å². The number of para-hydroxylation sites is 1. The molecule has 21 heavy (non-hydrogen) atoms. The summed E-state index contributed by atoms with van der Waals surface area (Å²) < 4.78 is 23.4. The highest BCUT2D eigenvalue weighted by Crippen LogP contribution is 2.20.